The lowest BCUT2D eigenvalue weighted by Crippen LogP contribution is -2.37. The highest BCUT2D eigenvalue weighted by Gasteiger charge is 2.45. The molecule has 11 heteroatoms. The molecule has 0 fully saturated rings. The molecule has 3 aromatic rings. The lowest BCUT2D eigenvalue weighted by molar-refractivity contribution is -0.274. The van der Waals surface area contributed by atoms with E-state index < -0.39 is 17.8 Å². The van der Waals surface area contributed by atoms with Crippen LogP contribution in [0.2, 0.25) is 0 Å². The average Bonchev–Trinajstić information content (AvgIpc) is 3.38. The Balaban J connectivity index is 1.63. The Morgan fingerprint density at radius 3 is 2.47 bits per heavy atom. The van der Waals surface area contributed by atoms with E-state index in [1.165, 1.54) is 41.9 Å². The molecule has 1 N–H and O–H groups in total. The maximum Gasteiger partial charge on any atom is 0.573 e. The van der Waals surface area contributed by atoms with Crippen LogP contribution in [0.25, 0.3) is 0 Å². The highest BCUT2D eigenvalue weighted by atomic mass is 127. The number of carbonyl (C=O) groups excluding carboxylic acids is 1. The van der Waals surface area contributed by atoms with E-state index in [0.717, 1.165) is 3.57 Å². The summed E-state index contributed by atoms with van der Waals surface area (Å²) < 4.78 is 47.9. The van der Waals surface area contributed by atoms with Crippen molar-refractivity contribution in [3.63, 3.8) is 0 Å². The number of nitrogens with zero attached hydrogens (tertiary/aromatic N) is 3. The summed E-state index contributed by atoms with van der Waals surface area (Å²) >= 11 is 2.17. The maximum absolute atomic E-state index is 12.9. The lowest BCUT2D eigenvalue weighted by atomic mass is 9.92. The molecule has 0 saturated heterocycles. The van der Waals surface area contributed by atoms with Crippen LogP contribution < -0.4 is 15.1 Å². The number of aromatic nitrogens is 1. The van der Waals surface area contributed by atoms with Gasteiger partial charge in [-0.2, -0.15) is 5.10 Å². The number of hydrazone groups is 1. The van der Waals surface area contributed by atoms with Gasteiger partial charge in [-0.3, -0.25) is 9.80 Å². The number of carbonyl (C=O) groups is 1. The number of alkyl halides is 3. The molecule has 1 atom stereocenters. The molecule has 1 amide bonds. The number of hydrogen-bond acceptors (Lipinski definition) is 6. The van der Waals surface area contributed by atoms with Gasteiger partial charge < -0.3 is 14.5 Å². The molecule has 0 radical (unpaired) electrons. The third-order valence-corrected chi connectivity index (χ3v) is 5.56. The average molecular weight is 556 g/mol. The van der Waals surface area contributed by atoms with E-state index >= 15 is 0 Å². The zero-order valence-corrected chi connectivity index (χ0v) is 18.7. The standard InChI is InChI=1S/C21H16F3IN4O3/c1-20(18-11-26-12-31-18)10-17(19(30)27-14-4-2-13(25)3-5-14)28-29(20)15-6-8-16(9-7-15)32-21(22,23)24/h2-9,11-12H,10H2,1H3,(H,27,30). The second-order valence-electron chi connectivity index (χ2n) is 7.18. The molecular weight excluding hydrogens is 540 g/mol. The van der Waals surface area contributed by atoms with Gasteiger partial charge in [0.1, 0.15) is 17.0 Å². The van der Waals surface area contributed by atoms with Crippen molar-refractivity contribution in [2.24, 2.45) is 5.10 Å². The Bertz CT molecular complexity index is 1130. The van der Waals surface area contributed by atoms with Gasteiger partial charge in [0.2, 0.25) is 0 Å². The van der Waals surface area contributed by atoms with Crippen LogP contribution in [-0.2, 0) is 10.3 Å². The van der Waals surface area contributed by atoms with Gasteiger partial charge in [0.15, 0.2) is 12.2 Å². The first-order valence-electron chi connectivity index (χ1n) is 9.33. The van der Waals surface area contributed by atoms with Gasteiger partial charge in [-0.1, -0.05) is 0 Å². The van der Waals surface area contributed by atoms with Crippen molar-refractivity contribution in [1.82, 2.24) is 4.98 Å². The molecule has 1 unspecified atom stereocenters. The molecular formula is C21H16F3IN4O3. The van der Waals surface area contributed by atoms with Gasteiger partial charge in [-0.15, -0.1) is 13.2 Å². The van der Waals surface area contributed by atoms with E-state index in [4.69, 9.17) is 4.42 Å². The molecule has 166 valence electrons. The first kappa shape index (κ1) is 22.1. The Morgan fingerprint density at radius 1 is 1.19 bits per heavy atom. The van der Waals surface area contributed by atoms with Gasteiger partial charge in [-0.05, 0) is 78.0 Å². The number of ether oxygens (including phenoxy) is 1. The molecule has 0 aliphatic carbocycles. The van der Waals surface area contributed by atoms with E-state index in [0.29, 0.717) is 17.1 Å². The summed E-state index contributed by atoms with van der Waals surface area (Å²) in [6, 6.07) is 12.5. The van der Waals surface area contributed by atoms with Crippen molar-refractivity contribution in [1.29, 1.82) is 0 Å². The zero-order chi connectivity index (χ0) is 22.9. The van der Waals surface area contributed by atoms with E-state index in [-0.39, 0.29) is 17.9 Å². The predicted molar refractivity (Wildman–Crippen MR) is 119 cm³/mol. The molecule has 7 nitrogen and oxygen atoms in total. The molecule has 2 heterocycles. The number of anilines is 2. The van der Waals surface area contributed by atoms with Crippen LogP contribution >= 0.6 is 22.6 Å². The van der Waals surface area contributed by atoms with Crippen molar-refractivity contribution in [2.75, 3.05) is 10.3 Å². The number of amides is 1. The topological polar surface area (TPSA) is 80.0 Å². The third kappa shape index (κ3) is 4.71. The number of nitrogens with one attached hydrogen (secondary N) is 1. The maximum atomic E-state index is 12.9. The van der Waals surface area contributed by atoms with Gasteiger partial charge in [0.05, 0.1) is 11.9 Å². The highest BCUT2D eigenvalue weighted by molar-refractivity contribution is 14.1. The van der Waals surface area contributed by atoms with E-state index in [1.807, 2.05) is 19.1 Å². The number of hydrogen-bond donors (Lipinski definition) is 1. The number of halogens is 4. The number of benzene rings is 2. The van der Waals surface area contributed by atoms with Crippen LogP contribution in [0, 0.1) is 3.57 Å². The second-order valence-corrected chi connectivity index (χ2v) is 8.42. The van der Waals surface area contributed by atoms with Gasteiger partial charge >= 0.3 is 6.36 Å². The van der Waals surface area contributed by atoms with Crippen molar-refractivity contribution in [2.45, 2.75) is 25.2 Å². The molecule has 2 aromatic carbocycles. The molecule has 1 aromatic heterocycles. The second kappa shape index (κ2) is 8.45. The molecule has 1 aliphatic heterocycles. The monoisotopic (exact) mass is 556 g/mol. The predicted octanol–water partition coefficient (Wildman–Crippen LogP) is 5.30. The van der Waals surface area contributed by atoms with Crippen LogP contribution in [0.5, 0.6) is 5.75 Å². The summed E-state index contributed by atoms with van der Waals surface area (Å²) in [4.78, 5) is 16.8. The first-order valence-corrected chi connectivity index (χ1v) is 10.4. The Labute approximate surface area is 194 Å². The quantitative estimate of drug-likeness (QED) is 0.432. The Morgan fingerprint density at radius 2 is 1.88 bits per heavy atom. The minimum atomic E-state index is -4.79. The molecule has 0 saturated carbocycles. The van der Waals surface area contributed by atoms with Crippen LogP contribution in [0.15, 0.2) is 70.6 Å². The van der Waals surface area contributed by atoms with Crippen molar-refractivity contribution >= 4 is 45.6 Å². The zero-order valence-electron chi connectivity index (χ0n) is 16.6. The minimum absolute atomic E-state index is 0.194. The summed E-state index contributed by atoms with van der Waals surface area (Å²) in [6.45, 7) is 1.81. The van der Waals surface area contributed by atoms with Crippen LogP contribution in [0.1, 0.15) is 19.1 Å². The SMILES string of the molecule is CC1(c2cnco2)CC(C(=O)Nc2ccc(I)cc2)=NN1c1ccc(OC(F)(F)F)cc1. The van der Waals surface area contributed by atoms with Crippen molar-refractivity contribution < 1.29 is 27.1 Å². The fraction of sp³-hybridized carbons (Fsp3) is 0.190. The summed E-state index contributed by atoms with van der Waals surface area (Å²) in [5.74, 6) is -0.298. The van der Waals surface area contributed by atoms with Crippen LogP contribution in [0.3, 0.4) is 0 Å². The van der Waals surface area contributed by atoms with E-state index in [1.54, 1.807) is 12.1 Å². The van der Waals surface area contributed by atoms with Crippen molar-refractivity contribution in [3.05, 3.63) is 70.5 Å². The summed E-state index contributed by atoms with van der Waals surface area (Å²) in [7, 11) is 0. The largest absolute Gasteiger partial charge is 0.573 e. The fourth-order valence-corrected chi connectivity index (χ4v) is 3.69. The smallest absolute Gasteiger partial charge is 0.446 e. The Hall–Kier alpha value is -3.09. The fourth-order valence-electron chi connectivity index (χ4n) is 3.33. The first-order chi connectivity index (χ1) is 15.1. The molecule has 0 spiro atoms. The van der Waals surface area contributed by atoms with Gasteiger partial charge in [0.25, 0.3) is 5.91 Å². The molecule has 0 bridgehead atoms. The van der Waals surface area contributed by atoms with Gasteiger partial charge in [-0.25, -0.2) is 4.98 Å². The molecule has 4 rings (SSSR count). The summed E-state index contributed by atoms with van der Waals surface area (Å²) in [5.41, 5.74) is 0.391. The molecule has 1 aliphatic rings. The minimum Gasteiger partial charge on any atom is -0.446 e. The van der Waals surface area contributed by atoms with Crippen LogP contribution in [0.4, 0.5) is 24.5 Å². The van der Waals surface area contributed by atoms with Crippen molar-refractivity contribution in [3.8, 4) is 5.75 Å². The van der Waals surface area contributed by atoms with E-state index in [9.17, 15) is 18.0 Å². The number of rotatable bonds is 5. The highest BCUT2D eigenvalue weighted by Crippen LogP contribution is 2.41. The Kier molecular flexibility index (Phi) is 5.84. The normalized spacial score (nSPS) is 18.4. The van der Waals surface area contributed by atoms with Gasteiger partial charge in [0, 0.05) is 15.7 Å². The number of oxazole rings is 1. The molecule has 32 heavy (non-hydrogen) atoms. The lowest BCUT2D eigenvalue weighted by Gasteiger charge is -2.32. The summed E-state index contributed by atoms with van der Waals surface area (Å²) in [5, 5.41) is 8.82. The third-order valence-electron chi connectivity index (χ3n) is 4.84. The van der Waals surface area contributed by atoms with E-state index in [2.05, 4.69) is 42.7 Å². The van der Waals surface area contributed by atoms with Crippen LogP contribution in [-0.4, -0.2) is 23.0 Å². The summed E-state index contributed by atoms with van der Waals surface area (Å²) in [6.07, 6.45) is -1.81.